The summed E-state index contributed by atoms with van der Waals surface area (Å²) in [4.78, 5) is 26.2. The number of nitro benzene ring substituents is 1. The van der Waals surface area contributed by atoms with Gasteiger partial charge in [-0.1, -0.05) is 12.1 Å². The van der Waals surface area contributed by atoms with E-state index < -0.39 is 16.6 Å². The van der Waals surface area contributed by atoms with Crippen molar-refractivity contribution in [1.29, 1.82) is 0 Å². The van der Waals surface area contributed by atoms with Gasteiger partial charge in [-0.25, -0.2) is 4.79 Å². The number of carbonyl (C=O) groups excluding carboxylic acids is 1. The van der Waals surface area contributed by atoms with Crippen LogP contribution in [0.5, 0.6) is 5.75 Å². The van der Waals surface area contributed by atoms with E-state index in [0.29, 0.717) is 0 Å². The second-order valence-corrected chi connectivity index (χ2v) is 4.43. The molecule has 0 fully saturated rings. The summed E-state index contributed by atoms with van der Waals surface area (Å²) in [6.07, 6.45) is -0.819. The monoisotopic (exact) mass is 254 g/mol. The van der Waals surface area contributed by atoms with Crippen LogP contribution in [0.2, 0.25) is 0 Å². The number of hydroxylamine groups is 1. The number of nitro groups is 1. The van der Waals surface area contributed by atoms with Gasteiger partial charge in [0.15, 0.2) is 0 Å². The Morgan fingerprint density at radius 2 is 1.94 bits per heavy atom. The minimum absolute atomic E-state index is 0.0617. The molecule has 0 aliphatic heterocycles. The van der Waals surface area contributed by atoms with Crippen molar-refractivity contribution in [2.45, 2.75) is 26.4 Å². The lowest BCUT2D eigenvalue weighted by molar-refractivity contribution is -0.386. The van der Waals surface area contributed by atoms with Crippen LogP contribution in [0.25, 0.3) is 0 Å². The molecule has 0 bridgehead atoms. The molecular formula is C11H14N2O5. The summed E-state index contributed by atoms with van der Waals surface area (Å²) in [5, 5.41) is 10.7. The first-order valence-corrected chi connectivity index (χ1v) is 5.19. The van der Waals surface area contributed by atoms with E-state index in [1.807, 2.05) is 5.48 Å². The number of hydrogen-bond acceptors (Lipinski definition) is 5. The zero-order valence-electron chi connectivity index (χ0n) is 10.3. The van der Waals surface area contributed by atoms with Crippen LogP contribution in [0, 0.1) is 10.1 Å². The Kier molecular flexibility index (Phi) is 4.09. The average molecular weight is 254 g/mol. The van der Waals surface area contributed by atoms with Crippen molar-refractivity contribution in [1.82, 2.24) is 5.48 Å². The minimum atomic E-state index is -0.819. The molecule has 7 heteroatoms. The van der Waals surface area contributed by atoms with Gasteiger partial charge in [-0.15, -0.1) is 0 Å². The average Bonchev–Trinajstić information content (AvgIpc) is 2.24. The van der Waals surface area contributed by atoms with Gasteiger partial charge in [-0.05, 0) is 26.8 Å². The van der Waals surface area contributed by atoms with E-state index in [0.717, 1.165) is 0 Å². The van der Waals surface area contributed by atoms with Crippen molar-refractivity contribution in [3.05, 3.63) is 34.4 Å². The van der Waals surface area contributed by atoms with Crippen molar-refractivity contribution < 1.29 is 19.3 Å². The third kappa shape index (κ3) is 4.28. The fourth-order valence-electron chi connectivity index (χ4n) is 1.09. The largest absolute Gasteiger partial charge is 0.442 e. The molecule has 1 amide bonds. The van der Waals surface area contributed by atoms with Gasteiger partial charge >= 0.3 is 11.8 Å². The Bertz CT molecular complexity index is 453. The number of hydrogen-bond donors (Lipinski definition) is 1. The molecule has 0 saturated carbocycles. The number of rotatable bonds is 3. The van der Waals surface area contributed by atoms with Crippen LogP contribution in [0.1, 0.15) is 20.8 Å². The van der Waals surface area contributed by atoms with Crippen LogP contribution >= 0.6 is 0 Å². The SMILES string of the molecule is CC(C)(C)OC(=O)NOc1ccccc1[N+](=O)[O-]. The van der Waals surface area contributed by atoms with Gasteiger partial charge in [0.05, 0.1) is 4.92 Å². The van der Waals surface area contributed by atoms with Crippen molar-refractivity contribution >= 4 is 11.8 Å². The summed E-state index contributed by atoms with van der Waals surface area (Å²) in [7, 11) is 0. The van der Waals surface area contributed by atoms with Crippen LogP contribution < -0.4 is 10.3 Å². The highest BCUT2D eigenvalue weighted by atomic mass is 16.7. The number of nitrogens with one attached hydrogen (secondary N) is 1. The summed E-state index contributed by atoms with van der Waals surface area (Å²) in [5.41, 5.74) is 1.07. The van der Waals surface area contributed by atoms with Gasteiger partial charge < -0.3 is 9.57 Å². The lowest BCUT2D eigenvalue weighted by Crippen LogP contribution is -2.34. The molecule has 18 heavy (non-hydrogen) atoms. The Morgan fingerprint density at radius 1 is 1.33 bits per heavy atom. The predicted octanol–water partition coefficient (Wildman–Crippen LogP) is 2.41. The highest BCUT2D eigenvalue weighted by Gasteiger charge is 2.19. The van der Waals surface area contributed by atoms with Gasteiger partial charge in [0.25, 0.3) is 0 Å². The highest BCUT2D eigenvalue weighted by Crippen LogP contribution is 2.24. The topological polar surface area (TPSA) is 90.7 Å². The lowest BCUT2D eigenvalue weighted by atomic mass is 10.2. The van der Waals surface area contributed by atoms with Crippen molar-refractivity contribution in [3.8, 4) is 5.75 Å². The molecule has 0 aliphatic rings. The van der Waals surface area contributed by atoms with E-state index >= 15 is 0 Å². The third-order valence-corrected chi connectivity index (χ3v) is 1.71. The molecule has 1 aromatic rings. The van der Waals surface area contributed by atoms with Gasteiger partial charge in [-0.2, -0.15) is 5.48 Å². The molecule has 1 aromatic carbocycles. The van der Waals surface area contributed by atoms with E-state index in [2.05, 4.69) is 0 Å². The molecule has 0 heterocycles. The number of para-hydroxylation sites is 2. The van der Waals surface area contributed by atoms with Crippen LogP contribution in [0.4, 0.5) is 10.5 Å². The zero-order chi connectivity index (χ0) is 13.8. The molecule has 1 rings (SSSR count). The van der Waals surface area contributed by atoms with Crippen molar-refractivity contribution in [2.75, 3.05) is 0 Å². The van der Waals surface area contributed by atoms with Crippen LogP contribution in [0.3, 0.4) is 0 Å². The molecule has 0 radical (unpaired) electrons. The van der Waals surface area contributed by atoms with Crippen molar-refractivity contribution in [2.24, 2.45) is 0 Å². The number of nitrogens with zero attached hydrogens (tertiary/aromatic N) is 1. The Labute approximate surface area is 104 Å². The summed E-state index contributed by atoms with van der Waals surface area (Å²) in [6.45, 7) is 5.08. The van der Waals surface area contributed by atoms with Crippen molar-refractivity contribution in [3.63, 3.8) is 0 Å². The van der Waals surface area contributed by atoms with E-state index in [1.54, 1.807) is 26.8 Å². The standard InChI is InChI=1S/C11H14N2O5/c1-11(2,3)17-10(14)12-18-9-7-5-4-6-8(9)13(15)16/h4-7H,1-3H3,(H,12,14). The summed E-state index contributed by atoms with van der Waals surface area (Å²) in [5.74, 6) is -0.0617. The van der Waals surface area contributed by atoms with Gasteiger partial charge in [0.2, 0.25) is 5.75 Å². The zero-order valence-corrected chi connectivity index (χ0v) is 10.3. The molecule has 0 spiro atoms. The molecule has 0 saturated heterocycles. The van der Waals surface area contributed by atoms with Crippen LogP contribution in [0.15, 0.2) is 24.3 Å². The number of amides is 1. The summed E-state index contributed by atoms with van der Waals surface area (Å²) in [6, 6.07) is 5.69. The molecule has 0 atom stereocenters. The fraction of sp³-hybridized carbons (Fsp3) is 0.364. The molecule has 0 aliphatic carbocycles. The first-order chi connectivity index (χ1) is 8.29. The van der Waals surface area contributed by atoms with E-state index in [9.17, 15) is 14.9 Å². The lowest BCUT2D eigenvalue weighted by Gasteiger charge is -2.19. The molecule has 0 unspecified atom stereocenters. The van der Waals surface area contributed by atoms with Crippen LogP contribution in [-0.2, 0) is 4.74 Å². The summed E-state index contributed by atoms with van der Waals surface area (Å²) >= 11 is 0. The predicted molar refractivity (Wildman–Crippen MR) is 63.1 cm³/mol. The minimum Gasteiger partial charge on any atom is -0.442 e. The maximum absolute atomic E-state index is 11.3. The molecular weight excluding hydrogens is 240 g/mol. The van der Waals surface area contributed by atoms with E-state index in [4.69, 9.17) is 9.57 Å². The Hall–Kier alpha value is -2.31. The summed E-state index contributed by atoms with van der Waals surface area (Å²) < 4.78 is 4.91. The quantitative estimate of drug-likeness (QED) is 0.660. The number of ether oxygens (including phenoxy) is 1. The molecule has 98 valence electrons. The maximum atomic E-state index is 11.3. The molecule has 1 N–H and O–H groups in total. The highest BCUT2D eigenvalue weighted by molar-refractivity contribution is 5.66. The number of benzene rings is 1. The molecule has 0 aromatic heterocycles. The third-order valence-electron chi connectivity index (χ3n) is 1.71. The Morgan fingerprint density at radius 3 is 2.50 bits per heavy atom. The van der Waals surface area contributed by atoms with E-state index in [-0.39, 0.29) is 11.4 Å². The Balaban J connectivity index is 2.64. The molecule has 7 nitrogen and oxygen atoms in total. The number of carbonyl (C=O) groups is 1. The van der Waals surface area contributed by atoms with E-state index in [1.165, 1.54) is 18.2 Å². The maximum Gasteiger partial charge on any atom is 0.441 e. The first-order valence-electron chi connectivity index (χ1n) is 5.19. The van der Waals surface area contributed by atoms with Gasteiger partial charge in [0, 0.05) is 6.07 Å². The van der Waals surface area contributed by atoms with Gasteiger partial charge in [-0.3, -0.25) is 10.1 Å². The second kappa shape index (κ2) is 5.35. The second-order valence-electron chi connectivity index (χ2n) is 4.43. The first kappa shape index (κ1) is 13.8. The van der Waals surface area contributed by atoms with Crippen LogP contribution in [-0.4, -0.2) is 16.6 Å². The normalized spacial score (nSPS) is 10.6. The fourth-order valence-corrected chi connectivity index (χ4v) is 1.09. The smallest absolute Gasteiger partial charge is 0.441 e. The van der Waals surface area contributed by atoms with Gasteiger partial charge in [0.1, 0.15) is 5.60 Å².